The zero-order valence-corrected chi connectivity index (χ0v) is 12.9. The summed E-state index contributed by atoms with van der Waals surface area (Å²) in [5.74, 6) is -1.02. The summed E-state index contributed by atoms with van der Waals surface area (Å²) in [6.07, 6.45) is 0.137. The van der Waals surface area contributed by atoms with Crippen LogP contribution in [0, 0.1) is 34.9 Å². The van der Waals surface area contributed by atoms with E-state index >= 15 is 0 Å². The molecule has 2 aliphatic rings. The molecule has 2 saturated carbocycles. The molecule has 23 heavy (non-hydrogen) atoms. The minimum atomic E-state index is -1.18. The van der Waals surface area contributed by atoms with E-state index in [-0.39, 0.29) is 36.1 Å². The molecular weight excluding hydrogens is 299 g/mol. The second-order valence-corrected chi connectivity index (χ2v) is 6.17. The molecule has 6 heteroatoms. The van der Waals surface area contributed by atoms with E-state index in [1.54, 1.807) is 19.1 Å². The van der Waals surface area contributed by atoms with Crippen molar-refractivity contribution in [3.05, 3.63) is 35.6 Å². The first-order chi connectivity index (χ1) is 11.0. The van der Waals surface area contributed by atoms with Crippen molar-refractivity contribution in [1.82, 2.24) is 0 Å². The SMILES string of the molecule is CCOC(=O)[C@H]1[C@@H]2C[C@@H](OCc3ccc(F)cc3)C(N)(C#N)[C@@H]21. The molecule has 0 bridgehead atoms. The number of carbonyl (C=O) groups excluding carboxylic acids is 1. The molecule has 0 saturated heterocycles. The van der Waals surface area contributed by atoms with Crippen LogP contribution in [0.3, 0.4) is 0 Å². The molecule has 0 aromatic heterocycles. The van der Waals surface area contributed by atoms with E-state index in [4.69, 9.17) is 15.2 Å². The molecule has 2 fully saturated rings. The minimum Gasteiger partial charge on any atom is -0.466 e. The van der Waals surface area contributed by atoms with Gasteiger partial charge in [0.2, 0.25) is 0 Å². The number of hydrogen-bond acceptors (Lipinski definition) is 5. The highest BCUT2D eigenvalue weighted by Crippen LogP contribution is 2.62. The third-order valence-corrected chi connectivity index (χ3v) is 4.86. The predicted octanol–water partition coefficient (Wildman–Crippen LogP) is 1.76. The number of hydrogen-bond donors (Lipinski definition) is 1. The average molecular weight is 318 g/mol. The number of ether oxygens (including phenoxy) is 2. The van der Waals surface area contributed by atoms with Crippen molar-refractivity contribution < 1.29 is 18.7 Å². The van der Waals surface area contributed by atoms with Gasteiger partial charge in [0.1, 0.15) is 11.4 Å². The quantitative estimate of drug-likeness (QED) is 0.836. The van der Waals surface area contributed by atoms with Gasteiger partial charge in [0, 0.05) is 5.92 Å². The Labute approximate surface area is 134 Å². The molecule has 0 aliphatic heterocycles. The van der Waals surface area contributed by atoms with E-state index < -0.39 is 11.6 Å². The van der Waals surface area contributed by atoms with E-state index in [2.05, 4.69) is 6.07 Å². The smallest absolute Gasteiger partial charge is 0.309 e. The molecule has 5 atom stereocenters. The minimum absolute atomic E-state index is 0.0527. The van der Waals surface area contributed by atoms with Crippen molar-refractivity contribution in [3.8, 4) is 6.07 Å². The van der Waals surface area contributed by atoms with Crippen molar-refractivity contribution in [2.24, 2.45) is 23.5 Å². The maximum absolute atomic E-state index is 12.9. The summed E-state index contributed by atoms with van der Waals surface area (Å²) in [7, 11) is 0. The fourth-order valence-corrected chi connectivity index (χ4v) is 3.67. The predicted molar refractivity (Wildman–Crippen MR) is 79.2 cm³/mol. The zero-order chi connectivity index (χ0) is 16.6. The molecule has 1 aromatic carbocycles. The highest BCUT2D eigenvalue weighted by atomic mass is 19.1. The number of carbonyl (C=O) groups is 1. The van der Waals surface area contributed by atoms with Crippen molar-refractivity contribution in [3.63, 3.8) is 0 Å². The van der Waals surface area contributed by atoms with Gasteiger partial charge in [0.15, 0.2) is 0 Å². The normalized spacial score (nSPS) is 34.5. The van der Waals surface area contributed by atoms with Crippen molar-refractivity contribution in [2.45, 2.75) is 31.6 Å². The number of rotatable bonds is 5. The second-order valence-electron chi connectivity index (χ2n) is 6.17. The summed E-state index contributed by atoms with van der Waals surface area (Å²) < 4.78 is 23.7. The van der Waals surface area contributed by atoms with Gasteiger partial charge in [0.25, 0.3) is 0 Å². The maximum atomic E-state index is 12.9. The van der Waals surface area contributed by atoms with E-state index in [0.29, 0.717) is 13.0 Å². The summed E-state index contributed by atoms with van der Waals surface area (Å²) in [5, 5.41) is 9.50. The molecule has 1 unspecified atom stereocenters. The first kappa shape index (κ1) is 15.9. The van der Waals surface area contributed by atoms with Crippen LogP contribution in [-0.2, 0) is 20.9 Å². The highest BCUT2D eigenvalue weighted by molar-refractivity contribution is 5.78. The summed E-state index contributed by atoms with van der Waals surface area (Å²) >= 11 is 0. The Bertz CT molecular complexity index is 642. The standard InChI is InChI=1S/C17H19FN2O3/c1-2-22-16(21)14-12-7-13(17(20,9-19)15(12)14)23-8-10-3-5-11(18)6-4-10/h3-6,12-15H,2,7-8,20H2,1H3/t12-,13+,14-,15-,17?/m0/s1. The first-order valence-electron chi connectivity index (χ1n) is 7.74. The van der Waals surface area contributed by atoms with Crippen LogP contribution in [0.5, 0.6) is 0 Å². The van der Waals surface area contributed by atoms with Crippen molar-refractivity contribution in [2.75, 3.05) is 6.61 Å². The number of esters is 1. The summed E-state index contributed by atoms with van der Waals surface area (Å²) in [4.78, 5) is 11.9. The molecule has 0 spiro atoms. The van der Waals surface area contributed by atoms with Crippen molar-refractivity contribution in [1.29, 1.82) is 5.26 Å². The number of halogens is 1. The van der Waals surface area contributed by atoms with Crippen molar-refractivity contribution >= 4 is 5.97 Å². The zero-order valence-electron chi connectivity index (χ0n) is 12.9. The van der Waals surface area contributed by atoms with E-state index in [1.165, 1.54) is 12.1 Å². The molecular formula is C17H19FN2O3. The number of benzene rings is 1. The third-order valence-electron chi connectivity index (χ3n) is 4.86. The molecule has 122 valence electrons. The number of nitriles is 1. The first-order valence-corrected chi connectivity index (χ1v) is 7.74. The second kappa shape index (κ2) is 5.91. The molecule has 0 amide bonds. The Balaban J connectivity index is 1.63. The van der Waals surface area contributed by atoms with Gasteiger partial charge in [-0.3, -0.25) is 4.79 Å². The lowest BCUT2D eigenvalue weighted by molar-refractivity contribution is -0.146. The number of nitrogens with two attached hydrogens (primary N) is 1. The maximum Gasteiger partial charge on any atom is 0.309 e. The fraction of sp³-hybridized carbons (Fsp3) is 0.529. The van der Waals surface area contributed by atoms with Crippen LogP contribution < -0.4 is 5.73 Å². The van der Waals surface area contributed by atoms with E-state index in [0.717, 1.165) is 5.56 Å². The highest BCUT2D eigenvalue weighted by Gasteiger charge is 2.72. The lowest BCUT2D eigenvalue weighted by Crippen LogP contribution is -2.51. The molecule has 0 radical (unpaired) electrons. The van der Waals surface area contributed by atoms with Crippen LogP contribution in [0.25, 0.3) is 0 Å². The van der Waals surface area contributed by atoms with Crippen LogP contribution in [0.15, 0.2) is 24.3 Å². The van der Waals surface area contributed by atoms with E-state index in [1.807, 2.05) is 0 Å². The van der Waals surface area contributed by atoms with Gasteiger partial charge in [-0.2, -0.15) is 5.26 Å². The Morgan fingerprint density at radius 1 is 1.48 bits per heavy atom. The van der Waals surface area contributed by atoms with Gasteiger partial charge < -0.3 is 15.2 Å². The largest absolute Gasteiger partial charge is 0.466 e. The Morgan fingerprint density at radius 3 is 2.78 bits per heavy atom. The van der Waals surface area contributed by atoms with Crippen LogP contribution in [0.4, 0.5) is 4.39 Å². The van der Waals surface area contributed by atoms with Gasteiger partial charge in [0.05, 0.1) is 31.3 Å². The molecule has 0 heterocycles. The monoisotopic (exact) mass is 318 g/mol. The number of fused-ring (bicyclic) bond motifs is 1. The topological polar surface area (TPSA) is 85.3 Å². The molecule has 2 N–H and O–H groups in total. The van der Waals surface area contributed by atoms with Gasteiger partial charge in [-0.1, -0.05) is 12.1 Å². The van der Waals surface area contributed by atoms with E-state index in [9.17, 15) is 14.4 Å². The molecule has 5 nitrogen and oxygen atoms in total. The van der Waals surface area contributed by atoms with Gasteiger partial charge in [-0.05, 0) is 37.0 Å². The lowest BCUT2D eigenvalue weighted by atomic mass is 9.90. The molecule has 3 rings (SSSR count). The lowest BCUT2D eigenvalue weighted by Gasteiger charge is -2.28. The third kappa shape index (κ3) is 2.71. The molecule has 2 aliphatic carbocycles. The Hall–Kier alpha value is -1.97. The fourth-order valence-electron chi connectivity index (χ4n) is 3.67. The Kier molecular flexibility index (Phi) is 4.09. The van der Waals surface area contributed by atoms with Crippen LogP contribution in [0.2, 0.25) is 0 Å². The summed E-state index contributed by atoms with van der Waals surface area (Å²) in [6.45, 7) is 2.34. The summed E-state index contributed by atoms with van der Waals surface area (Å²) in [5.41, 5.74) is 5.88. The number of nitrogens with zero attached hydrogens (tertiary/aromatic N) is 1. The van der Waals surface area contributed by atoms with Gasteiger partial charge in [-0.25, -0.2) is 4.39 Å². The van der Waals surface area contributed by atoms with Crippen LogP contribution in [-0.4, -0.2) is 24.2 Å². The van der Waals surface area contributed by atoms with Crippen LogP contribution in [0.1, 0.15) is 18.9 Å². The average Bonchev–Trinajstić information content (AvgIpc) is 3.20. The van der Waals surface area contributed by atoms with Crippen LogP contribution >= 0.6 is 0 Å². The summed E-state index contributed by atoms with van der Waals surface area (Å²) in [6, 6.07) is 8.14. The Morgan fingerprint density at radius 2 is 2.17 bits per heavy atom. The van der Waals surface area contributed by atoms with Gasteiger partial charge in [-0.15, -0.1) is 0 Å². The van der Waals surface area contributed by atoms with Gasteiger partial charge >= 0.3 is 5.97 Å². The molecule has 1 aromatic rings.